The second kappa shape index (κ2) is 8.83. The van der Waals surface area contributed by atoms with Crippen molar-refractivity contribution in [3.63, 3.8) is 0 Å². The van der Waals surface area contributed by atoms with E-state index in [2.05, 4.69) is 11.8 Å². The van der Waals surface area contributed by atoms with E-state index in [1.54, 1.807) is 0 Å². The molecule has 3 saturated carbocycles. The molecule has 0 bridgehead atoms. The molecule has 3 aliphatic rings. The van der Waals surface area contributed by atoms with Crippen molar-refractivity contribution in [2.45, 2.75) is 102 Å². The first kappa shape index (κ1) is 19.1. The van der Waals surface area contributed by atoms with E-state index in [1.165, 1.54) is 51.4 Å². The van der Waals surface area contributed by atoms with Crippen LogP contribution in [0.5, 0.6) is 0 Å². The minimum atomic E-state index is -1.25. The lowest BCUT2D eigenvalue weighted by Crippen LogP contribution is -2.41. The van der Waals surface area contributed by atoms with Crippen LogP contribution >= 0.6 is 0 Å². The highest BCUT2D eigenvalue weighted by Crippen LogP contribution is 2.44. The maximum atomic E-state index is 14.1. The first-order valence-corrected chi connectivity index (χ1v) is 10.7. The quantitative estimate of drug-likeness (QED) is 0.492. The van der Waals surface area contributed by atoms with E-state index in [-0.39, 0.29) is 5.92 Å². The number of rotatable bonds is 4. The zero-order valence-corrected chi connectivity index (χ0v) is 15.8. The molecule has 1 nitrogen and oxygen atoms in total. The maximum Gasteiger partial charge on any atom is 0.284 e. The van der Waals surface area contributed by atoms with Crippen LogP contribution in [0.15, 0.2) is 0 Å². The molecule has 0 heterocycles. The Kier molecular flexibility index (Phi) is 6.75. The van der Waals surface area contributed by atoms with Crippen molar-refractivity contribution >= 4 is 0 Å². The van der Waals surface area contributed by atoms with Gasteiger partial charge in [-0.15, -0.1) is 0 Å². The Morgan fingerprint density at radius 1 is 0.880 bits per heavy atom. The minimum Gasteiger partial charge on any atom is -0.307 e. The van der Waals surface area contributed by atoms with Gasteiger partial charge in [-0.2, -0.15) is 0 Å². The molecule has 3 aliphatic carbocycles. The Morgan fingerprint density at radius 2 is 1.48 bits per heavy atom. The van der Waals surface area contributed by atoms with Gasteiger partial charge in [-0.1, -0.05) is 51.9 Å². The molecule has 0 amide bonds. The van der Waals surface area contributed by atoms with E-state index in [0.717, 1.165) is 30.6 Å². The number of alkyl halides is 2. The molecule has 0 aromatic carbocycles. The lowest BCUT2D eigenvalue weighted by Gasteiger charge is -2.39. The molecule has 0 aromatic rings. The molecule has 0 N–H and O–H groups in total. The van der Waals surface area contributed by atoms with Crippen molar-refractivity contribution in [1.29, 1.82) is 0 Å². The lowest BCUT2D eigenvalue weighted by molar-refractivity contribution is 0.0583. The Balaban J connectivity index is 1.43. The topological polar surface area (TPSA) is 4.36 Å². The smallest absolute Gasteiger partial charge is 0.284 e. The predicted octanol–water partition coefficient (Wildman–Crippen LogP) is 6.77. The van der Waals surface area contributed by atoms with Crippen molar-refractivity contribution in [3.05, 3.63) is 11.4 Å². The van der Waals surface area contributed by atoms with Crippen LogP contribution in [0.25, 0.3) is 4.85 Å². The zero-order chi connectivity index (χ0) is 17.8. The molecule has 3 unspecified atom stereocenters. The minimum absolute atomic E-state index is 0.166. The van der Waals surface area contributed by atoms with E-state index in [0.29, 0.717) is 18.8 Å². The average Bonchev–Trinajstić information content (AvgIpc) is 2.63. The number of hydrogen-bond donors (Lipinski definition) is 0. The highest BCUT2D eigenvalue weighted by Gasteiger charge is 2.45. The third-order valence-electron chi connectivity index (χ3n) is 7.66. The number of hydrogen-bond acceptors (Lipinski definition) is 0. The Hall–Kier alpha value is -0.650. The molecule has 3 fully saturated rings. The van der Waals surface area contributed by atoms with E-state index < -0.39 is 18.4 Å². The third kappa shape index (κ3) is 4.75. The van der Waals surface area contributed by atoms with Crippen LogP contribution in [0.4, 0.5) is 8.78 Å². The van der Waals surface area contributed by atoms with Crippen molar-refractivity contribution in [1.82, 2.24) is 0 Å². The van der Waals surface area contributed by atoms with Crippen LogP contribution in [-0.4, -0.2) is 18.4 Å². The van der Waals surface area contributed by atoms with Gasteiger partial charge >= 0.3 is 0 Å². The molecule has 0 radical (unpaired) electrons. The van der Waals surface area contributed by atoms with Gasteiger partial charge in [-0.3, -0.25) is 0 Å². The van der Waals surface area contributed by atoms with Crippen molar-refractivity contribution < 1.29 is 8.78 Å². The molecule has 3 rings (SSSR count). The molecule has 25 heavy (non-hydrogen) atoms. The van der Waals surface area contributed by atoms with E-state index in [4.69, 9.17) is 6.57 Å². The standard InChI is InChI=1S/C22H35F2N/c1-15(17-6-4-3-5-7-17)12-16-8-10-18(11-9-16)19-13-20(23)22(25-2)21(24)14-19/h15-22H,3-14H2,1H3. The van der Waals surface area contributed by atoms with Crippen molar-refractivity contribution in [3.8, 4) is 0 Å². The highest BCUT2D eigenvalue weighted by atomic mass is 19.1. The molecule has 0 aromatic heterocycles. The van der Waals surface area contributed by atoms with E-state index in [9.17, 15) is 8.78 Å². The fraction of sp³-hybridized carbons (Fsp3) is 0.955. The normalized spacial score (nSPS) is 41.8. The van der Waals surface area contributed by atoms with Crippen LogP contribution in [-0.2, 0) is 0 Å². The summed E-state index contributed by atoms with van der Waals surface area (Å²) in [5, 5.41) is 0. The van der Waals surface area contributed by atoms with Gasteiger partial charge in [0.25, 0.3) is 6.04 Å². The van der Waals surface area contributed by atoms with E-state index in [1.807, 2.05) is 0 Å². The molecule has 142 valence electrons. The molecule has 3 atom stereocenters. The molecular weight excluding hydrogens is 316 g/mol. The highest BCUT2D eigenvalue weighted by molar-refractivity contribution is 4.99. The van der Waals surface area contributed by atoms with Crippen LogP contribution in [0, 0.1) is 36.2 Å². The molecular formula is C22H35F2N. The largest absolute Gasteiger partial charge is 0.307 e. The van der Waals surface area contributed by atoms with Crippen LogP contribution in [0.2, 0.25) is 0 Å². The van der Waals surface area contributed by atoms with Crippen molar-refractivity contribution in [2.24, 2.45) is 29.6 Å². The van der Waals surface area contributed by atoms with Crippen LogP contribution in [0.1, 0.15) is 84.0 Å². The summed E-state index contributed by atoms with van der Waals surface area (Å²) >= 11 is 0. The predicted molar refractivity (Wildman–Crippen MR) is 98.7 cm³/mol. The van der Waals surface area contributed by atoms with Gasteiger partial charge in [-0.05, 0) is 61.7 Å². The molecule has 0 saturated heterocycles. The Bertz CT molecular complexity index is 433. The SMILES string of the molecule is [C-]#[N+]C1C(F)CC(C2CCC(CC(C)C3CCCCC3)CC2)CC1F. The zero-order valence-electron chi connectivity index (χ0n) is 15.8. The summed E-state index contributed by atoms with van der Waals surface area (Å²) < 4.78 is 28.2. The summed E-state index contributed by atoms with van der Waals surface area (Å²) in [5.74, 6) is 3.27. The van der Waals surface area contributed by atoms with Gasteiger partial charge in [0, 0.05) is 0 Å². The second-order valence-corrected chi connectivity index (χ2v) is 9.28. The first-order valence-electron chi connectivity index (χ1n) is 10.7. The second-order valence-electron chi connectivity index (χ2n) is 9.28. The summed E-state index contributed by atoms with van der Waals surface area (Å²) in [6.07, 6.45) is 11.6. The summed E-state index contributed by atoms with van der Waals surface area (Å²) in [6.45, 7) is 9.44. The van der Waals surface area contributed by atoms with E-state index >= 15 is 0 Å². The van der Waals surface area contributed by atoms with Gasteiger partial charge < -0.3 is 4.85 Å². The van der Waals surface area contributed by atoms with Crippen LogP contribution < -0.4 is 0 Å². The fourth-order valence-corrected chi connectivity index (χ4v) is 6.04. The summed E-state index contributed by atoms with van der Waals surface area (Å²) in [6, 6.07) is -1.04. The number of halogens is 2. The van der Waals surface area contributed by atoms with Gasteiger partial charge in [0.05, 0.1) is 0 Å². The molecule has 0 spiro atoms. The Labute approximate surface area is 152 Å². The Morgan fingerprint density at radius 3 is 2.04 bits per heavy atom. The summed E-state index contributed by atoms with van der Waals surface area (Å²) in [7, 11) is 0. The van der Waals surface area contributed by atoms with Gasteiger partial charge in [0.2, 0.25) is 0 Å². The summed E-state index contributed by atoms with van der Waals surface area (Å²) in [4.78, 5) is 3.18. The van der Waals surface area contributed by atoms with Gasteiger partial charge in [0.1, 0.15) is 0 Å². The molecule has 3 heteroatoms. The van der Waals surface area contributed by atoms with Gasteiger partial charge in [-0.25, -0.2) is 15.4 Å². The van der Waals surface area contributed by atoms with Crippen molar-refractivity contribution in [2.75, 3.05) is 0 Å². The first-order chi connectivity index (χ1) is 12.1. The summed E-state index contributed by atoms with van der Waals surface area (Å²) in [5.41, 5.74) is 0. The van der Waals surface area contributed by atoms with Crippen LogP contribution in [0.3, 0.4) is 0 Å². The fourth-order valence-electron chi connectivity index (χ4n) is 6.04. The maximum absolute atomic E-state index is 14.1. The average molecular weight is 352 g/mol. The van der Waals surface area contributed by atoms with Gasteiger partial charge in [0.15, 0.2) is 12.3 Å². The number of nitrogens with zero attached hydrogens (tertiary/aromatic N) is 1. The lowest BCUT2D eigenvalue weighted by atomic mass is 9.67. The monoisotopic (exact) mass is 351 g/mol. The molecule has 0 aliphatic heterocycles. The third-order valence-corrected chi connectivity index (χ3v) is 7.66.